The van der Waals surface area contributed by atoms with Crippen molar-refractivity contribution in [2.75, 3.05) is 13.1 Å². The van der Waals surface area contributed by atoms with Crippen LogP contribution in [0.15, 0.2) is 18.2 Å². The second-order valence-electron chi connectivity index (χ2n) is 7.40. The van der Waals surface area contributed by atoms with Crippen molar-refractivity contribution in [2.45, 2.75) is 64.7 Å². The molecule has 0 saturated carbocycles. The summed E-state index contributed by atoms with van der Waals surface area (Å²) in [4.78, 5) is 26.4. The highest BCUT2D eigenvalue weighted by Gasteiger charge is 2.30. The third-order valence-corrected chi connectivity index (χ3v) is 5.12. The van der Waals surface area contributed by atoms with Crippen LogP contribution in [0.1, 0.15) is 56.3 Å². The molecule has 25 heavy (non-hydrogen) atoms. The van der Waals surface area contributed by atoms with Gasteiger partial charge in [0, 0.05) is 13.1 Å². The minimum Gasteiger partial charge on any atom is -0.372 e. The lowest BCUT2D eigenvalue weighted by atomic mass is 9.89. The van der Waals surface area contributed by atoms with Crippen LogP contribution in [-0.2, 0) is 27.2 Å². The Labute approximate surface area is 149 Å². The Bertz CT molecular complexity index is 648. The summed E-state index contributed by atoms with van der Waals surface area (Å²) in [6.07, 6.45) is 4.64. The van der Waals surface area contributed by atoms with Crippen LogP contribution in [0.4, 0.5) is 0 Å². The van der Waals surface area contributed by atoms with Crippen LogP contribution in [0, 0.1) is 0 Å². The lowest BCUT2D eigenvalue weighted by Gasteiger charge is -2.35. The fourth-order valence-electron chi connectivity index (χ4n) is 3.85. The Morgan fingerprint density at radius 3 is 2.44 bits per heavy atom. The van der Waals surface area contributed by atoms with E-state index in [0.717, 1.165) is 18.4 Å². The van der Waals surface area contributed by atoms with E-state index in [1.165, 1.54) is 24.0 Å². The van der Waals surface area contributed by atoms with Crippen molar-refractivity contribution in [1.29, 1.82) is 0 Å². The Morgan fingerprint density at radius 1 is 1.12 bits per heavy atom. The molecule has 1 N–H and O–H groups in total. The first-order valence-corrected chi connectivity index (χ1v) is 9.31. The lowest BCUT2D eigenvalue weighted by Crippen LogP contribution is -2.52. The molecule has 1 aliphatic heterocycles. The smallest absolute Gasteiger partial charge is 0.312 e. The van der Waals surface area contributed by atoms with E-state index >= 15 is 0 Å². The summed E-state index contributed by atoms with van der Waals surface area (Å²) in [5, 5.41) is 2.86. The molecule has 2 aliphatic rings. The molecule has 5 nitrogen and oxygen atoms in total. The molecule has 3 atom stereocenters. The molecule has 0 radical (unpaired) electrons. The average molecular weight is 344 g/mol. The highest BCUT2D eigenvalue weighted by molar-refractivity contribution is 6.35. The summed E-state index contributed by atoms with van der Waals surface area (Å²) >= 11 is 0. The standard InChI is InChI=1S/C20H28N2O3/c1-13-11-22(12-14(2)25-13)20(24)19(23)21-15(3)17-9-8-16-6-4-5-7-18(16)10-17/h8-10,13-15H,4-7,11-12H2,1-3H3,(H,21,23). The molecule has 1 aromatic carbocycles. The molecule has 136 valence electrons. The molecule has 0 spiro atoms. The van der Waals surface area contributed by atoms with Gasteiger partial charge in [-0.25, -0.2) is 0 Å². The summed E-state index contributed by atoms with van der Waals surface area (Å²) in [6.45, 7) is 6.70. The van der Waals surface area contributed by atoms with Gasteiger partial charge < -0.3 is 15.0 Å². The summed E-state index contributed by atoms with van der Waals surface area (Å²) in [7, 11) is 0. The minimum absolute atomic E-state index is 0.0430. The fourth-order valence-corrected chi connectivity index (χ4v) is 3.85. The second-order valence-corrected chi connectivity index (χ2v) is 7.40. The molecule has 1 heterocycles. The maximum absolute atomic E-state index is 12.4. The number of benzene rings is 1. The number of carbonyl (C=O) groups excluding carboxylic acids is 2. The SMILES string of the molecule is CC1CN(C(=O)C(=O)NC(C)c2ccc3c(c2)CCCC3)CC(C)O1. The van der Waals surface area contributed by atoms with Crippen molar-refractivity contribution >= 4 is 11.8 Å². The van der Waals surface area contributed by atoms with Gasteiger partial charge in [0.05, 0.1) is 18.2 Å². The molecule has 1 fully saturated rings. The van der Waals surface area contributed by atoms with E-state index in [1.54, 1.807) is 4.90 Å². The van der Waals surface area contributed by atoms with E-state index in [2.05, 4.69) is 23.5 Å². The van der Waals surface area contributed by atoms with Crippen LogP contribution in [-0.4, -0.2) is 42.0 Å². The van der Waals surface area contributed by atoms with Gasteiger partial charge in [-0.15, -0.1) is 0 Å². The monoisotopic (exact) mass is 344 g/mol. The van der Waals surface area contributed by atoms with Gasteiger partial charge in [0.15, 0.2) is 0 Å². The van der Waals surface area contributed by atoms with E-state index in [4.69, 9.17) is 4.74 Å². The van der Waals surface area contributed by atoms with Crippen molar-refractivity contribution in [1.82, 2.24) is 10.2 Å². The Morgan fingerprint density at radius 2 is 1.76 bits per heavy atom. The number of rotatable bonds is 2. The van der Waals surface area contributed by atoms with E-state index < -0.39 is 11.8 Å². The van der Waals surface area contributed by atoms with E-state index in [0.29, 0.717) is 13.1 Å². The van der Waals surface area contributed by atoms with Gasteiger partial charge in [-0.3, -0.25) is 9.59 Å². The fraction of sp³-hybridized carbons (Fsp3) is 0.600. The first-order chi connectivity index (χ1) is 11.9. The second kappa shape index (κ2) is 7.56. The number of ether oxygens (including phenoxy) is 1. The summed E-state index contributed by atoms with van der Waals surface area (Å²) in [5.41, 5.74) is 3.86. The topological polar surface area (TPSA) is 58.6 Å². The Balaban J connectivity index is 1.63. The summed E-state index contributed by atoms with van der Waals surface area (Å²) in [5.74, 6) is -1.00. The van der Waals surface area contributed by atoms with Crippen molar-refractivity contribution in [3.63, 3.8) is 0 Å². The third kappa shape index (κ3) is 4.21. The predicted octanol–water partition coefficient (Wildman–Crippen LogP) is 2.38. The van der Waals surface area contributed by atoms with Gasteiger partial charge >= 0.3 is 11.8 Å². The zero-order valence-electron chi connectivity index (χ0n) is 15.4. The van der Waals surface area contributed by atoms with E-state index in [9.17, 15) is 9.59 Å². The van der Waals surface area contributed by atoms with Crippen molar-refractivity contribution in [3.8, 4) is 0 Å². The van der Waals surface area contributed by atoms with Crippen LogP contribution < -0.4 is 5.32 Å². The van der Waals surface area contributed by atoms with Gasteiger partial charge in [0.2, 0.25) is 0 Å². The molecule has 3 unspecified atom stereocenters. The molecule has 0 bridgehead atoms. The van der Waals surface area contributed by atoms with Crippen LogP contribution in [0.25, 0.3) is 0 Å². The Hall–Kier alpha value is -1.88. The predicted molar refractivity (Wildman–Crippen MR) is 96.2 cm³/mol. The van der Waals surface area contributed by atoms with Crippen molar-refractivity contribution in [2.24, 2.45) is 0 Å². The van der Waals surface area contributed by atoms with Crippen LogP contribution in [0.3, 0.4) is 0 Å². The Kier molecular flexibility index (Phi) is 5.42. The van der Waals surface area contributed by atoms with E-state index in [1.807, 2.05) is 20.8 Å². The van der Waals surface area contributed by atoms with Gasteiger partial charge in [-0.2, -0.15) is 0 Å². The molecule has 2 amide bonds. The zero-order chi connectivity index (χ0) is 18.0. The minimum atomic E-state index is -0.536. The summed E-state index contributed by atoms with van der Waals surface area (Å²) in [6, 6.07) is 6.24. The van der Waals surface area contributed by atoms with Crippen LogP contribution in [0.5, 0.6) is 0 Å². The van der Waals surface area contributed by atoms with Crippen molar-refractivity contribution in [3.05, 3.63) is 34.9 Å². The van der Waals surface area contributed by atoms with Gasteiger partial charge in [0.1, 0.15) is 0 Å². The number of fused-ring (bicyclic) bond motifs is 1. The maximum Gasteiger partial charge on any atom is 0.312 e. The quantitative estimate of drug-likeness (QED) is 0.838. The highest BCUT2D eigenvalue weighted by atomic mass is 16.5. The number of amides is 2. The average Bonchev–Trinajstić information content (AvgIpc) is 2.59. The number of hydrogen-bond donors (Lipinski definition) is 1. The molecule has 5 heteroatoms. The first kappa shape index (κ1) is 17.9. The largest absolute Gasteiger partial charge is 0.372 e. The zero-order valence-corrected chi connectivity index (χ0v) is 15.4. The molecular formula is C20H28N2O3. The van der Waals surface area contributed by atoms with E-state index in [-0.39, 0.29) is 18.2 Å². The van der Waals surface area contributed by atoms with Crippen LogP contribution >= 0.6 is 0 Å². The normalized spacial score (nSPS) is 24.4. The van der Waals surface area contributed by atoms with Gasteiger partial charge in [-0.1, -0.05) is 18.2 Å². The van der Waals surface area contributed by atoms with Crippen LogP contribution in [0.2, 0.25) is 0 Å². The molecule has 1 saturated heterocycles. The molecular weight excluding hydrogens is 316 g/mol. The maximum atomic E-state index is 12.4. The number of nitrogens with zero attached hydrogens (tertiary/aromatic N) is 1. The molecule has 1 aromatic rings. The lowest BCUT2D eigenvalue weighted by molar-refractivity contribution is -0.153. The van der Waals surface area contributed by atoms with Gasteiger partial charge in [-0.05, 0) is 63.1 Å². The van der Waals surface area contributed by atoms with Gasteiger partial charge in [0.25, 0.3) is 0 Å². The number of morpholine rings is 1. The number of aryl methyl sites for hydroxylation is 2. The number of carbonyl (C=O) groups is 2. The molecule has 1 aliphatic carbocycles. The van der Waals surface area contributed by atoms with Crippen molar-refractivity contribution < 1.29 is 14.3 Å². The molecule has 0 aromatic heterocycles. The third-order valence-electron chi connectivity index (χ3n) is 5.12. The molecule has 3 rings (SSSR count). The number of nitrogens with one attached hydrogen (secondary N) is 1. The highest BCUT2D eigenvalue weighted by Crippen LogP contribution is 2.24. The first-order valence-electron chi connectivity index (χ1n) is 9.31. The number of hydrogen-bond acceptors (Lipinski definition) is 3. The summed E-state index contributed by atoms with van der Waals surface area (Å²) < 4.78 is 5.62.